The van der Waals surface area contributed by atoms with Crippen molar-refractivity contribution in [2.75, 3.05) is 39.6 Å². The minimum atomic E-state index is -0.416. The monoisotopic (exact) mass is 239 g/mol. The van der Waals surface area contributed by atoms with Crippen LogP contribution in [0, 0.1) is 10.1 Å². The molecule has 6 heteroatoms. The number of nitrogens with one attached hydrogen (secondary N) is 1. The van der Waals surface area contributed by atoms with E-state index in [9.17, 15) is 10.1 Å². The van der Waals surface area contributed by atoms with E-state index in [1.54, 1.807) is 12.1 Å². The Labute approximate surface area is 100 Å². The maximum atomic E-state index is 10.9. The molecule has 0 atom stereocenters. The van der Waals surface area contributed by atoms with Gasteiger partial charge in [-0.3, -0.25) is 10.1 Å². The fraction of sp³-hybridized carbons (Fsp3) is 0.455. The first-order valence-electron chi connectivity index (χ1n) is 5.25. The van der Waals surface area contributed by atoms with E-state index in [0.29, 0.717) is 18.0 Å². The van der Waals surface area contributed by atoms with Crippen molar-refractivity contribution in [1.29, 1.82) is 0 Å². The number of nitrogens with zero attached hydrogens (tertiary/aromatic N) is 2. The highest BCUT2D eigenvalue weighted by atomic mass is 16.6. The summed E-state index contributed by atoms with van der Waals surface area (Å²) in [7, 11) is 5.38. The summed E-state index contributed by atoms with van der Waals surface area (Å²) in [4.78, 5) is 12.5. The molecule has 0 fully saturated rings. The fourth-order valence-electron chi connectivity index (χ4n) is 1.35. The lowest BCUT2D eigenvalue weighted by molar-refractivity contribution is -0.384. The molecule has 0 aliphatic rings. The molecule has 0 amide bonds. The summed E-state index contributed by atoms with van der Waals surface area (Å²) in [6, 6.07) is 4.77. The van der Waals surface area contributed by atoms with Gasteiger partial charge in [0.1, 0.15) is 11.4 Å². The number of likely N-dealkylation sites (N-methyl/N-ethyl adjacent to an activating group) is 1. The Balaban J connectivity index is 2.80. The second kappa shape index (κ2) is 6.05. The average molecular weight is 239 g/mol. The average Bonchev–Trinajstić information content (AvgIpc) is 2.28. The summed E-state index contributed by atoms with van der Waals surface area (Å²) in [5, 5.41) is 13.9. The molecule has 0 aliphatic heterocycles. The van der Waals surface area contributed by atoms with Crippen molar-refractivity contribution in [2.24, 2.45) is 0 Å². The van der Waals surface area contributed by atoms with Gasteiger partial charge in [-0.05, 0) is 26.2 Å². The molecule has 94 valence electrons. The second-order valence-corrected chi connectivity index (χ2v) is 3.87. The van der Waals surface area contributed by atoms with Crippen molar-refractivity contribution in [1.82, 2.24) is 4.90 Å². The summed E-state index contributed by atoms with van der Waals surface area (Å²) >= 11 is 0. The van der Waals surface area contributed by atoms with Gasteiger partial charge in [-0.1, -0.05) is 0 Å². The zero-order valence-electron chi connectivity index (χ0n) is 10.3. The highest BCUT2D eigenvalue weighted by molar-refractivity contribution is 5.63. The highest BCUT2D eigenvalue weighted by Gasteiger charge is 2.14. The fourth-order valence-corrected chi connectivity index (χ4v) is 1.35. The lowest BCUT2D eigenvalue weighted by Crippen LogP contribution is -2.21. The van der Waals surface area contributed by atoms with Gasteiger partial charge in [0.2, 0.25) is 0 Å². The predicted molar refractivity (Wildman–Crippen MR) is 66.7 cm³/mol. The Morgan fingerprint density at radius 2 is 2.18 bits per heavy atom. The summed E-state index contributed by atoms with van der Waals surface area (Å²) in [6.45, 7) is 1.46. The van der Waals surface area contributed by atoms with Gasteiger partial charge in [-0.25, -0.2) is 0 Å². The first-order valence-corrected chi connectivity index (χ1v) is 5.25. The summed E-state index contributed by atoms with van der Waals surface area (Å²) in [5.41, 5.74) is 0.542. The molecule has 0 bridgehead atoms. The topological polar surface area (TPSA) is 67.6 Å². The van der Waals surface area contributed by atoms with E-state index in [4.69, 9.17) is 4.74 Å². The van der Waals surface area contributed by atoms with Crippen molar-refractivity contribution < 1.29 is 9.66 Å². The number of nitro groups is 1. The van der Waals surface area contributed by atoms with E-state index in [0.717, 1.165) is 6.54 Å². The number of hydrogen-bond acceptors (Lipinski definition) is 5. The van der Waals surface area contributed by atoms with Crippen LogP contribution >= 0.6 is 0 Å². The zero-order chi connectivity index (χ0) is 12.8. The maximum absolute atomic E-state index is 10.9. The summed E-state index contributed by atoms with van der Waals surface area (Å²) in [6.07, 6.45) is 0. The Morgan fingerprint density at radius 1 is 1.47 bits per heavy atom. The SMILES string of the molecule is COc1ccc(NCCN(C)C)c([N+](=O)[O-])c1. The molecule has 6 nitrogen and oxygen atoms in total. The van der Waals surface area contributed by atoms with E-state index in [1.807, 2.05) is 19.0 Å². The minimum absolute atomic E-state index is 0.0307. The quantitative estimate of drug-likeness (QED) is 0.603. The van der Waals surface area contributed by atoms with Crippen LogP contribution in [0.3, 0.4) is 0 Å². The molecule has 1 N–H and O–H groups in total. The number of hydrogen-bond donors (Lipinski definition) is 1. The van der Waals surface area contributed by atoms with E-state index in [1.165, 1.54) is 13.2 Å². The van der Waals surface area contributed by atoms with Crippen LogP contribution < -0.4 is 10.1 Å². The van der Waals surface area contributed by atoms with Gasteiger partial charge in [0.05, 0.1) is 18.1 Å². The zero-order valence-corrected chi connectivity index (χ0v) is 10.3. The van der Waals surface area contributed by atoms with Crippen LogP contribution in [0.25, 0.3) is 0 Å². The van der Waals surface area contributed by atoms with Gasteiger partial charge < -0.3 is 15.0 Å². The van der Waals surface area contributed by atoms with Crippen LogP contribution in [0.1, 0.15) is 0 Å². The van der Waals surface area contributed by atoms with Crippen LogP contribution in [0.2, 0.25) is 0 Å². The Kier molecular flexibility index (Phi) is 4.71. The van der Waals surface area contributed by atoms with Crippen molar-refractivity contribution >= 4 is 11.4 Å². The molecule has 0 aromatic heterocycles. The van der Waals surface area contributed by atoms with Crippen molar-refractivity contribution in [2.45, 2.75) is 0 Å². The van der Waals surface area contributed by atoms with Crippen LogP contribution in [-0.2, 0) is 0 Å². The molecule has 0 radical (unpaired) electrons. The summed E-state index contributed by atoms with van der Waals surface area (Å²) < 4.78 is 4.96. The van der Waals surface area contributed by atoms with Crippen LogP contribution in [0.5, 0.6) is 5.75 Å². The molecule has 0 saturated carbocycles. The third-order valence-corrected chi connectivity index (χ3v) is 2.28. The molecule has 17 heavy (non-hydrogen) atoms. The van der Waals surface area contributed by atoms with Crippen molar-refractivity contribution in [3.05, 3.63) is 28.3 Å². The van der Waals surface area contributed by atoms with Gasteiger partial charge in [-0.2, -0.15) is 0 Å². The van der Waals surface area contributed by atoms with Crippen molar-refractivity contribution in [3.63, 3.8) is 0 Å². The number of methoxy groups -OCH3 is 1. The standard InChI is InChI=1S/C11H17N3O3/c1-13(2)7-6-12-10-5-4-9(17-3)8-11(10)14(15)16/h4-5,8,12H,6-7H2,1-3H3. The lowest BCUT2D eigenvalue weighted by Gasteiger charge is -2.11. The molecular weight excluding hydrogens is 222 g/mol. The Morgan fingerprint density at radius 3 is 2.71 bits per heavy atom. The molecule has 0 aliphatic carbocycles. The van der Waals surface area contributed by atoms with E-state index in [2.05, 4.69) is 5.32 Å². The number of nitro benzene ring substituents is 1. The molecule has 1 aromatic carbocycles. The van der Waals surface area contributed by atoms with Gasteiger partial charge in [0, 0.05) is 13.1 Å². The lowest BCUT2D eigenvalue weighted by atomic mass is 10.2. The second-order valence-electron chi connectivity index (χ2n) is 3.87. The molecular formula is C11H17N3O3. The molecule has 0 spiro atoms. The maximum Gasteiger partial charge on any atom is 0.296 e. The first kappa shape index (κ1) is 13.2. The minimum Gasteiger partial charge on any atom is -0.496 e. The summed E-state index contributed by atoms with van der Waals surface area (Å²) in [5.74, 6) is 0.481. The van der Waals surface area contributed by atoms with Gasteiger partial charge in [0.15, 0.2) is 0 Å². The normalized spacial score (nSPS) is 10.4. The van der Waals surface area contributed by atoms with Gasteiger partial charge in [0.25, 0.3) is 5.69 Å². The van der Waals surface area contributed by atoms with Crippen LogP contribution in [0.15, 0.2) is 18.2 Å². The molecule has 0 heterocycles. The molecule has 0 unspecified atom stereocenters. The Hall–Kier alpha value is -1.82. The van der Waals surface area contributed by atoms with Gasteiger partial charge >= 0.3 is 0 Å². The third-order valence-electron chi connectivity index (χ3n) is 2.28. The number of anilines is 1. The van der Waals surface area contributed by atoms with Crippen LogP contribution in [-0.4, -0.2) is 44.1 Å². The first-order chi connectivity index (χ1) is 8.04. The van der Waals surface area contributed by atoms with E-state index >= 15 is 0 Å². The van der Waals surface area contributed by atoms with Gasteiger partial charge in [-0.15, -0.1) is 0 Å². The van der Waals surface area contributed by atoms with Crippen molar-refractivity contribution in [3.8, 4) is 5.75 Å². The number of ether oxygens (including phenoxy) is 1. The largest absolute Gasteiger partial charge is 0.496 e. The van der Waals surface area contributed by atoms with Crippen LogP contribution in [0.4, 0.5) is 11.4 Å². The third kappa shape index (κ3) is 3.92. The predicted octanol–water partition coefficient (Wildman–Crippen LogP) is 1.58. The smallest absolute Gasteiger partial charge is 0.296 e. The Bertz CT molecular complexity index is 394. The van der Waals surface area contributed by atoms with E-state index < -0.39 is 4.92 Å². The number of rotatable bonds is 6. The molecule has 1 aromatic rings. The molecule has 1 rings (SSSR count). The van der Waals surface area contributed by atoms with E-state index in [-0.39, 0.29) is 5.69 Å². The molecule has 0 saturated heterocycles. The highest BCUT2D eigenvalue weighted by Crippen LogP contribution is 2.28. The number of benzene rings is 1.